The fourth-order valence-electron chi connectivity index (χ4n) is 3.06. The molecule has 0 spiro atoms. The molecule has 4 aromatic rings. The van der Waals surface area contributed by atoms with E-state index in [1.54, 1.807) is 6.26 Å². The van der Waals surface area contributed by atoms with Crippen LogP contribution in [0, 0.1) is 18.6 Å². The van der Waals surface area contributed by atoms with E-state index in [1.165, 1.54) is 16.4 Å². The number of nitrogens with one attached hydrogen (secondary N) is 1. The van der Waals surface area contributed by atoms with Gasteiger partial charge in [-0.15, -0.1) is 11.8 Å². The van der Waals surface area contributed by atoms with Crippen molar-refractivity contribution < 1.29 is 18.1 Å². The summed E-state index contributed by atoms with van der Waals surface area (Å²) in [7, 11) is 0. The zero-order valence-corrected chi connectivity index (χ0v) is 17.9. The number of carbonyl (C=O) groups excluding carboxylic acids is 1. The predicted molar refractivity (Wildman–Crippen MR) is 117 cm³/mol. The second-order valence-electron chi connectivity index (χ2n) is 6.89. The molecule has 0 saturated heterocycles. The number of nitrogens with two attached hydrogens (primary N) is 1. The maximum absolute atomic E-state index is 13.8. The predicted octanol–water partition coefficient (Wildman–Crippen LogP) is 4.13. The van der Waals surface area contributed by atoms with Gasteiger partial charge in [-0.2, -0.15) is 10.1 Å². The summed E-state index contributed by atoms with van der Waals surface area (Å²) in [5, 5.41) is 11.2. The van der Waals surface area contributed by atoms with E-state index in [-0.39, 0.29) is 23.9 Å². The first-order valence-electron chi connectivity index (χ1n) is 9.42. The molecular formula is C21H18F2N6O2S. The molecule has 2 aromatic heterocycles. The Balaban J connectivity index is 1.59. The van der Waals surface area contributed by atoms with Crippen molar-refractivity contribution in [2.45, 2.75) is 18.5 Å². The van der Waals surface area contributed by atoms with Gasteiger partial charge in [-0.05, 0) is 31.4 Å². The number of nitrogens with zero attached hydrogens (tertiary/aromatic N) is 4. The van der Waals surface area contributed by atoms with Crippen molar-refractivity contribution in [3.63, 3.8) is 0 Å². The average molecular weight is 456 g/mol. The molecule has 0 aliphatic heterocycles. The molecule has 0 unspecified atom stereocenters. The first-order valence-corrected chi connectivity index (χ1v) is 10.6. The van der Waals surface area contributed by atoms with Gasteiger partial charge in [-0.25, -0.2) is 13.5 Å². The van der Waals surface area contributed by atoms with Crippen LogP contribution in [0.4, 0.5) is 20.3 Å². The maximum atomic E-state index is 13.8. The summed E-state index contributed by atoms with van der Waals surface area (Å²) in [5.41, 5.74) is 8.33. The van der Waals surface area contributed by atoms with Crippen molar-refractivity contribution in [3.05, 3.63) is 59.7 Å². The molecule has 2 aromatic carbocycles. The second kappa shape index (κ2) is 8.79. The van der Waals surface area contributed by atoms with Crippen molar-refractivity contribution in [2.24, 2.45) is 0 Å². The van der Waals surface area contributed by atoms with E-state index in [0.29, 0.717) is 22.5 Å². The highest BCUT2D eigenvalue weighted by molar-refractivity contribution is 7.98. The fraction of sp³-hybridized carbons (Fsp3) is 0.143. The van der Waals surface area contributed by atoms with E-state index in [2.05, 4.69) is 20.6 Å². The van der Waals surface area contributed by atoms with Gasteiger partial charge in [0.25, 0.3) is 5.89 Å². The number of anilines is 2. The number of aromatic nitrogens is 4. The van der Waals surface area contributed by atoms with E-state index < -0.39 is 17.5 Å². The highest BCUT2D eigenvalue weighted by atomic mass is 32.2. The molecule has 11 heteroatoms. The van der Waals surface area contributed by atoms with Gasteiger partial charge < -0.3 is 15.6 Å². The van der Waals surface area contributed by atoms with Gasteiger partial charge in [-0.3, -0.25) is 4.79 Å². The summed E-state index contributed by atoms with van der Waals surface area (Å²) < 4.78 is 33.5. The van der Waals surface area contributed by atoms with Crippen LogP contribution in [0.2, 0.25) is 0 Å². The van der Waals surface area contributed by atoms with Crippen LogP contribution in [0.1, 0.15) is 5.56 Å². The Bertz CT molecular complexity index is 1300. The minimum absolute atomic E-state index is 0.142. The summed E-state index contributed by atoms with van der Waals surface area (Å²) in [5.74, 6) is -1.51. The molecule has 0 bridgehead atoms. The van der Waals surface area contributed by atoms with Crippen molar-refractivity contribution in [2.75, 3.05) is 17.3 Å². The quantitative estimate of drug-likeness (QED) is 0.420. The number of carbonyl (C=O) groups is 1. The molecule has 0 radical (unpaired) electrons. The standard InChI is InChI=1S/C21H18F2N6O2S/c1-11-4-3-5-12(8-11)19-26-20(31-28-19)17-18(24)29(27-21(17)32-2)10-16(30)25-15-7-6-13(22)9-14(15)23/h3-9H,10,24H2,1-2H3,(H,25,30). The van der Waals surface area contributed by atoms with E-state index in [1.807, 2.05) is 31.2 Å². The Kier molecular flexibility index (Phi) is 5.91. The van der Waals surface area contributed by atoms with Crippen LogP contribution in [-0.4, -0.2) is 32.1 Å². The van der Waals surface area contributed by atoms with Gasteiger partial charge in [0.1, 0.15) is 34.6 Å². The third kappa shape index (κ3) is 4.33. The number of nitrogen functional groups attached to an aromatic ring is 1. The minimum Gasteiger partial charge on any atom is -0.383 e. The Morgan fingerprint density at radius 2 is 2.06 bits per heavy atom. The summed E-state index contributed by atoms with van der Waals surface area (Å²) in [6.07, 6.45) is 1.79. The van der Waals surface area contributed by atoms with Gasteiger partial charge >= 0.3 is 0 Å². The number of hydrogen-bond donors (Lipinski definition) is 2. The van der Waals surface area contributed by atoms with Crippen LogP contribution in [0.5, 0.6) is 0 Å². The van der Waals surface area contributed by atoms with Crippen molar-refractivity contribution >= 4 is 29.2 Å². The van der Waals surface area contributed by atoms with Gasteiger partial charge in [0.05, 0.1) is 5.69 Å². The van der Waals surface area contributed by atoms with Crippen molar-refractivity contribution in [1.82, 2.24) is 19.9 Å². The molecule has 3 N–H and O–H groups in total. The van der Waals surface area contributed by atoms with E-state index in [0.717, 1.165) is 23.3 Å². The van der Waals surface area contributed by atoms with Gasteiger partial charge in [0.2, 0.25) is 11.7 Å². The third-order valence-corrected chi connectivity index (χ3v) is 5.24. The highest BCUT2D eigenvalue weighted by Gasteiger charge is 2.24. The number of benzene rings is 2. The lowest BCUT2D eigenvalue weighted by molar-refractivity contribution is -0.116. The molecule has 0 saturated carbocycles. The van der Waals surface area contributed by atoms with Gasteiger partial charge in [0, 0.05) is 11.6 Å². The first kappa shape index (κ1) is 21.5. The fourth-order valence-corrected chi connectivity index (χ4v) is 3.64. The Morgan fingerprint density at radius 3 is 2.78 bits per heavy atom. The smallest absolute Gasteiger partial charge is 0.264 e. The monoisotopic (exact) mass is 456 g/mol. The van der Waals surface area contributed by atoms with Crippen molar-refractivity contribution in [3.8, 4) is 22.8 Å². The molecule has 32 heavy (non-hydrogen) atoms. The van der Waals surface area contributed by atoms with Crippen LogP contribution >= 0.6 is 11.8 Å². The van der Waals surface area contributed by atoms with Crippen LogP contribution in [-0.2, 0) is 11.3 Å². The molecule has 1 amide bonds. The van der Waals surface area contributed by atoms with E-state index >= 15 is 0 Å². The molecular weight excluding hydrogens is 438 g/mol. The Labute approximate surface area is 185 Å². The molecule has 0 atom stereocenters. The molecule has 8 nitrogen and oxygen atoms in total. The number of rotatable bonds is 6. The average Bonchev–Trinajstić information content (AvgIpc) is 3.35. The molecule has 164 valence electrons. The Hall–Kier alpha value is -3.73. The largest absolute Gasteiger partial charge is 0.383 e. The summed E-state index contributed by atoms with van der Waals surface area (Å²) in [4.78, 5) is 16.8. The lowest BCUT2D eigenvalue weighted by Gasteiger charge is -2.07. The molecule has 0 aliphatic carbocycles. The molecule has 4 rings (SSSR count). The van der Waals surface area contributed by atoms with E-state index in [9.17, 15) is 13.6 Å². The molecule has 2 heterocycles. The van der Waals surface area contributed by atoms with Crippen LogP contribution in [0.3, 0.4) is 0 Å². The lowest BCUT2D eigenvalue weighted by atomic mass is 10.1. The SMILES string of the molecule is CSc1nn(CC(=O)Nc2ccc(F)cc2F)c(N)c1-c1nc(-c2cccc(C)c2)no1. The summed E-state index contributed by atoms with van der Waals surface area (Å²) in [6, 6.07) is 10.5. The van der Waals surface area contributed by atoms with Crippen LogP contribution in [0.25, 0.3) is 22.8 Å². The second-order valence-corrected chi connectivity index (χ2v) is 7.69. The lowest BCUT2D eigenvalue weighted by Crippen LogP contribution is -2.21. The van der Waals surface area contributed by atoms with Crippen LogP contribution in [0.15, 0.2) is 52.0 Å². The summed E-state index contributed by atoms with van der Waals surface area (Å²) >= 11 is 1.29. The number of halogens is 2. The number of thioether (sulfide) groups is 1. The number of hydrogen-bond acceptors (Lipinski definition) is 7. The Morgan fingerprint density at radius 1 is 1.25 bits per heavy atom. The zero-order chi connectivity index (χ0) is 22.8. The highest BCUT2D eigenvalue weighted by Crippen LogP contribution is 2.35. The number of aryl methyl sites for hydroxylation is 1. The maximum Gasteiger partial charge on any atom is 0.264 e. The first-order chi connectivity index (χ1) is 15.4. The van der Waals surface area contributed by atoms with E-state index in [4.69, 9.17) is 10.3 Å². The van der Waals surface area contributed by atoms with Crippen molar-refractivity contribution in [1.29, 1.82) is 0 Å². The van der Waals surface area contributed by atoms with Gasteiger partial charge in [-0.1, -0.05) is 28.9 Å². The number of amides is 1. The minimum atomic E-state index is -0.883. The topological polar surface area (TPSA) is 112 Å². The normalized spacial score (nSPS) is 11.0. The molecule has 0 aliphatic rings. The van der Waals surface area contributed by atoms with Gasteiger partial charge in [0.15, 0.2) is 0 Å². The third-order valence-electron chi connectivity index (χ3n) is 4.57. The molecule has 0 fully saturated rings. The zero-order valence-electron chi connectivity index (χ0n) is 17.1. The van der Waals surface area contributed by atoms with Crippen LogP contribution < -0.4 is 11.1 Å². The summed E-state index contributed by atoms with van der Waals surface area (Å²) in [6.45, 7) is 1.66.